The van der Waals surface area contributed by atoms with E-state index in [1.807, 2.05) is 13.8 Å². The number of carbonyl (C=O) groups excluding carboxylic acids is 1. The lowest BCUT2D eigenvalue weighted by Crippen LogP contribution is -2.45. The molecular weight excluding hydrogens is 262 g/mol. The standard InChI is InChI=1S/C12H21N5O3/c1-9(2)17(7-3-4-11(18)19)12(20)13-6-5-10-14-8-15-16-10/h8-9H,3-7H2,1-2H3,(H,13,20)(H,18,19)(H,14,15,16). The number of urea groups is 1. The Hall–Kier alpha value is -2.12. The van der Waals surface area contributed by atoms with Crippen LogP contribution in [0, 0.1) is 0 Å². The summed E-state index contributed by atoms with van der Waals surface area (Å²) in [6.45, 7) is 4.68. The third kappa shape index (κ3) is 5.68. The summed E-state index contributed by atoms with van der Waals surface area (Å²) >= 11 is 0. The van der Waals surface area contributed by atoms with Gasteiger partial charge in [0.2, 0.25) is 0 Å². The minimum absolute atomic E-state index is 0.0223. The summed E-state index contributed by atoms with van der Waals surface area (Å²) in [6.07, 6.45) is 2.51. The van der Waals surface area contributed by atoms with Crippen molar-refractivity contribution in [3.05, 3.63) is 12.2 Å². The zero-order valence-electron chi connectivity index (χ0n) is 11.8. The number of carbonyl (C=O) groups is 2. The molecule has 0 aromatic carbocycles. The molecule has 0 fully saturated rings. The zero-order valence-corrected chi connectivity index (χ0v) is 11.8. The predicted molar refractivity (Wildman–Crippen MR) is 72.2 cm³/mol. The number of H-pyrrole nitrogens is 1. The van der Waals surface area contributed by atoms with Crippen molar-refractivity contribution in [1.82, 2.24) is 25.4 Å². The van der Waals surface area contributed by atoms with Crippen LogP contribution in [0.25, 0.3) is 0 Å². The van der Waals surface area contributed by atoms with E-state index in [2.05, 4.69) is 20.5 Å². The van der Waals surface area contributed by atoms with Crippen molar-refractivity contribution >= 4 is 12.0 Å². The maximum absolute atomic E-state index is 12.0. The maximum Gasteiger partial charge on any atom is 0.317 e. The lowest BCUT2D eigenvalue weighted by atomic mass is 10.2. The lowest BCUT2D eigenvalue weighted by Gasteiger charge is -2.26. The number of aromatic nitrogens is 3. The van der Waals surface area contributed by atoms with Crippen LogP contribution < -0.4 is 5.32 Å². The monoisotopic (exact) mass is 283 g/mol. The Morgan fingerprint density at radius 2 is 2.25 bits per heavy atom. The Labute approximate surface area is 117 Å². The second-order valence-electron chi connectivity index (χ2n) is 4.70. The van der Waals surface area contributed by atoms with E-state index in [0.717, 1.165) is 0 Å². The second-order valence-corrected chi connectivity index (χ2v) is 4.70. The van der Waals surface area contributed by atoms with E-state index < -0.39 is 5.97 Å². The smallest absolute Gasteiger partial charge is 0.317 e. The fraction of sp³-hybridized carbons (Fsp3) is 0.667. The molecule has 8 heteroatoms. The molecule has 112 valence electrons. The molecule has 0 aliphatic heterocycles. The SMILES string of the molecule is CC(C)N(CCCC(=O)O)C(=O)NCCc1ncn[nH]1. The van der Waals surface area contributed by atoms with Crippen LogP contribution in [0.1, 0.15) is 32.5 Å². The van der Waals surface area contributed by atoms with Crippen molar-refractivity contribution in [2.24, 2.45) is 0 Å². The van der Waals surface area contributed by atoms with Crippen LogP contribution >= 0.6 is 0 Å². The first-order chi connectivity index (χ1) is 9.50. The molecular formula is C12H21N5O3. The van der Waals surface area contributed by atoms with Gasteiger partial charge in [0.05, 0.1) is 0 Å². The number of carboxylic acid groups (broad SMARTS) is 1. The van der Waals surface area contributed by atoms with Crippen LogP contribution in [0.2, 0.25) is 0 Å². The fourth-order valence-corrected chi connectivity index (χ4v) is 1.74. The number of amides is 2. The molecule has 1 aromatic heterocycles. The van der Waals surface area contributed by atoms with Crippen LogP contribution in [-0.2, 0) is 11.2 Å². The van der Waals surface area contributed by atoms with E-state index in [1.165, 1.54) is 6.33 Å². The van der Waals surface area contributed by atoms with E-state index >= 15 is 0 Å². The van der Waals surface area contributed by atoms with E-state index in [9.17, 15) is 9.59 Å². The number of hydrogen-bond acceptors (Lipinski definition) is 4. The average Bonchev–Trinajstić information content (AvgIpc) is 2.86. The summed E-state index contributed by atoms with van der Waals surface area (Å²) in [5, 5.41) is 17.9. The first kappa shape index (κ1) is 15.9. The van der Waals surface area contributed by atoms with Crippen molar-refractivity contribution in [2.75, 3.05) is 13.1 Å². The highest BCUT2D eigenvalue weighted by Gasteiger charge is 2.16. The molecule has 0 aliphatic carbocycles. The molecule has 0 aliphatic rings. The van der Waals surface area contributed by atoms with Gasteiger partial charge in [-0.15, -0.1) is 0 Å². The highest BCUT2D eigenvalue weighted by Crippen LogP contribution is 2.02. The highest BCUT2D eigenvalue weighted by atomic mass is 16.4. The Balaban J connectivity index is 2.33. The van der Waals surface area contributed by atoms with Gasteiger partial charge in [-0.05, 0) is 20.3 Å². The maximum atomic E-state index is 12.0. The topological polar surface area (TPSA) is 111 Å². The largest absolute Gasteiger partial charge is 0.481 e. The number of aliphatic carboxylic acids is 1. The van der Waals surface area contributed by atoms with Crippen LogP contribution in [-0.4, -0.2) is 56.3 Å². The molecule has 0 bridgehead atoms. The molecule has 1 rings (SSSR count). The number of rotatable bonds is 8. The van der Waals surface area contributed by atoms with Gasteiger partial charge in [-0.25, -0.2) is 9.78 Å². The van der Waals surface area contributed by atoms with Gasteiger partial charge >= 0.3 is 12.0 Å². The van der Waals surface area contributed by atoms with E-state index in [4.69, 9.17) is 5.11 Å². The van der Waals surface area contributed by atoms with Gasteiger partial charge in [-0.2, -0.15) is 5.10 Å². The van der Waals surface area contributed by atoms with E-state index in [0.29, 0.717) is 31.8 Å². The summed E-state index contributed by atoms with van der Waals surface area (Å²) in [6, 6.07) is -0.168. The quantitative estimate of drug-likeness (QED) is 0.648. The number of hydrogen-bond donors (Lipinski definition) is 3. The average molecular weight is 283 g/mol. The van der Waals surface area contributed by atoms with Gasteiger partial charge in [0.15, 0.2) is 0 Å². The van der Waals surface area contributed by atoms with Crippen LogP contribution in [0.5, 0.6) is 0 Å². The molecule has 0 saturated carbocycles. The first-order valence-corrected chi connectivity index (χ1v) is 6.61. The van der Waals surface area contributed by atoms with Crippen molar-refractivity contribution in [3.63, 3.8) is 0 Å². The Bertz CT molecular complexity index is 419. The predicted octanol–water partition coefficient (Wildman–Crippen LogP) is 0.632. The molecule has 0 saturated heterocycles. The summed E-state index contributed by atoms with van der Waals surface area (Å²) in [5.41, 5.74) is 0. The third-order valence-corrected chi connectivity index (χ3v) is 2.78. The lowest BCUT2D eigenvalue weighted by molar-refractivity contribution is -0.137. The Kier molecular flexibility index (Phi) is 6.48. The normalized spacial score (nSPS) is 10.6. The second kappa shape index (κ2) is 8.13. The van der Waals surface area contributed by atoms with Gasteiger partial charge in [-0.1, -0.05) is 0 Å². The van der Waals surface area contributed by atoms with Gasteiger partial charge < -0.3 is 15.3 Å². The summed E-state index contributed by atoms with van der Waals surface area (Å²) < 4.78 is 0. The van der Waals surface area contributed by atoms with Gasteiger partial charge in [0, 0.05) is 32.0 Å². The summed E-state index contributed by atoms with van der Waals surface area (Å²) in [5.74, 6) is -0.133. The number of carboxylic acids is 1. The van der Waals surface area contributed by atoms with Gasteiger partial charge in [0.25, 0.3) is 0 Å². The Morgan fingerprint density at radius 3 is 2.80 bits per heavy atom. The zero-order chi connectivity index (χ0) is 15.0. The summed E-state index contributed by atoms with van der Waals surface area (Å²) in [7, 11) is 0. The number of aromatic amines is 1. The minimum atomic E-state index is -0.848. The fourth-order valence-electron chi connectivity index (χ4n) is 1.74. The summed E-state index contributed by atoms with van der Waals surface area (Å²) in [4.78, 5) is 28.1. The van der Waals surface area contributed by atoms with Crippen LogP contribution in [0.4, 0.5) is 4.79 Å². The molecule has 2 amide bonds. The Morgan fingerprint density at radius 1 is 1.50 bits per heavy atom. The molecule has 0 unspecified atom stereocenters. The van der Waals surface area contributed by atoms with Crippen molar-refractivity contribution in [2.45, 2.75) is 39.2 Å². The molecule has 0 spiro atoms. The molecule has 1 heterocycles. The van der Waals surface area contributed by atoms with E-state index in [-0.39, 0.29) is 18.5 Å². The minimum Gasteiger partial charge on any atom is -0.481 e. The third-order valence-electron chi connectivity index (χ3n) is 2.78. The van der Waals surface area contributed by atoms with Gasteiger partial charge in [0.1, 0.15) is 12.2 Å². The molecule has 0 radical (unpaired) electrons. The first-order valence-electron chi connectivity index (χ1n) is 6.61. The van der Waals surface area contributed by atoms with Crippen molar-refractivity contribution in [1.29, 1.82) is 0 Å². The number of nitrogens with zero attached hydrogens (tertiary/aromatic N) is 3. The van der Waals surface area contributed by atoms with Crippen molar-refractivity contribution < 1.29 is 14.7 Å². The molecule has 0 atom stereocenters. The molecule has 8 nitrogen and oxygen atoms in total. The number of nitrogens with one attached hydrogen (secondary N) is 2. The highest BCUT2D eigenvalue weighted by molar-refractivity contribution is 5.74. The molecule has 20 heavy (non-hydrogen) atoms. The molecule has 1 aromatic rings. The van der Waals surface area contributed by atoms with Gasteiger partial charge in [-0.3, -0.25) is 9.89 Å². The van der Waals surface area contributed by atoms with E-state index in [1.54, 1.807) is 4.90 Å². The van der Waals surface area contributed by atoms with Crippen LogP contribution in [0.15, 0.2) is 6.33 Å². The molecule has 3 N–H and O–H groups in total. The van der Waals surface area contributed by atoms with Crippen LogP contribution in [0.3, 0.4) is 0 Å². The van der Waals surface area contributed by atoms with Crippen molar-refractivity contribution in [3.8, 4) is 0 Å².